The van der Waals surface area contributed by atoms with Crippen molar-refractivity contribution in [3.63, 3.8) is 0 Å². The predicted octanol–water partition coefficient (Wildman–Crippen LogP) is 3.85. The second-order valence-electron chi connectivity index (χ2n) is 5.87. The van der Waals surface area contributed by atoms with Gasteiger partial charge in [0.05, 0.1) is 5.60 Å². The Morgan fingerprint density at radius 3 is 2.50 bits per heavy atom. The monoisotopic (exact) mass is 249 g/mol. The van der Waals surface area contributed by atoms with Gasteiger partial charge in [-0.15, -0.1) is 0 Å². The lowest BCUT2D eigenvalue weighted by Crippen LogP contribution is -2.36. The summed E-state index contributed by atoms with van der Waals surface area (Å²) in [5.41, 5.74) is 2.58. The summed E-state index contributed by atoms with van der Waals surface area (Å²) >= 11 is 0. The van der Waals surface area contributed by atoms with E-state index in [1.54, 1.807) is 7.11 Å². The number of nitrogens with one attached hydrogen (secondary N) is 1. The Kier molecular flexibility index (Phi) is 5.36. The van der Waals surface area contributed by atoms with Crippen LogP contribution in [0.5, 0.6) is 0 Å². The van der Waals surface area contributed by atoms with Gasteiger partial charge in [-0.3, -0.25) is 0 Å². The molecule has 0 saturated carbocycles. The molecule has 1 N–H and O–H groups in total. The van der Waals surface area contributed by atoms with E-state index in [1.165, 1.54) is 11.1 Å². The SMILES string of the molecule is COC(C)(C)CC(C)N[C@H](C)c1cccc(C)c1. The fourth-order valence-corrected chi connectivity index (χ4v) is 2.34. The lowest BCUT2D eigenvalue weighted by molar-refractivity contribution is 0.00782. The van der Waals surface area contributed by atoms with E-state index < -0.39 is 0 Å². The fourth-order valence-electron chi connectivity index (χ4n) is 2.34. The molecule has 0 radical (unpaired) electrons. The van der Waals surface area contributed by atoms with E-state index in [1.807, 2.05) is 0 Å². The smallest absolute Gasteiger partial charge is 0.0637 e. The molecule has 0 saturated heterocycles. The average molecular weight is 249 g/mol. The van der Waals surface area contributed by atoms with Gasteiger partial charge >= 0.3 is 0 Å². The zero-order valence-electron chi connectivity index (χ0n) is 12.6. The van der Waals surface area contributed by atoms with Gasteiger partial charge < -0.3 is 10.1 Å². The molecule has 0 aliphatic rings. The number of methoxy groups -OCH3 is 1. The van der Waals surface area contributed by atoms with Crippen LogP contribution in [0.25, 0.3) is 0 Å². The van der Waals surface area contributed by atoms with E-state index in [0.717, 1.165) is 6.42 Å². The standard InChI is InChI=1S/C16H27NO/c1-12-8-7-9-15(10-12)14(3)17-13(2)11-16(4,5)18-6/h7-10,13-14,17H,11H2,1-6H3/t13?,14-/m1/s1. The molecule has 1 unspecified atom stereocenters. The van der Waals surface area contributed by atoms with E-state index in [9.17, 15) is 0 Å². The maximum absolute atomic E-state index is 5.47. The van der Waals surface area contributed by atoms with Crippen LogP contribution in [0.3, 0.4) is 0 Å². The third-order valence-corrected chi connectivity index (χ3v) is 3.43. The minimum atomic E-state index is -0.0707. The molecule has 18 heavy (non-hydrogen) atoms. The minimum absolute atomic E-state index is 0.0707. The second-order valence-corrected chi connectivity index (χ2v) is 5.87. The highest BCUT2D eigenvalue weighted by Crippen LogP contribution is 2.19. The molecule has 1 rings (SSSR count). The number of ether oxygens (including phenoxy) is 1. The Bertz CT molecular complexity index is 373. The van der Waals surface area contributed by atoms with Crippen molar-refractivity contribution in [3.8, 4) is 0 Å². The molecule has 0 heterocycles. The largest absolute Gasteiger partial charge is 0.379 e. The van der Waals surface area contributed by atoms with Crippen molar-refractivity contribution < 1.29 is 4.74 Å². The van der Waals surface area contributed by atoms with E-state index >= 15 is 0 Å². The summed E-state index contributed by atoms with van der Waals surface area (Å²) in [6, 6.07) is 9.47. The maximum atomic E-state index is 5.47. The molecule has 0 amide bonds. The number of hydrogen-bond donors (Lipinski definition) is 1. The van der Waals surface area contributed by atoms with Crippen molar-refractivity contribution >= 4 is 0 Å². The quantitative estimate of drug-likeness (QED) is 0.827. The van der Waals surface area contributed by atoms with Crippen molar-refractivity contribution in [1.82, 2.24) is 5.32 Å². The third-order valence-electron chi connectivity index (χ3n) is 3.43. The van der Waals surface area contributed by atoms with E-state index in [4.69, 9.17) is 4.74 Å². The normalized spacial score (nSPS) is 15.4. The Hall–Kier alpha value is -0.860. The van der Waals surface area contributed by atoms with Gasteiger partial charge in [-0.1, -0.05) is 29.8 Å². The van der Waals surface area contributed by atoms with E-state index in [2.05, 4.69) is 64.2 Å². The number of aryl methyl sites for hydroxylation is 1. The van der Waals surface area contributed by atoms with Crippen molar-refractivity contribution in [2.24, 2.45) is 0 Å². The molecule has 1 aromatic carbocycles. The number of rotatable bonds is 6. The lowest BCUT2D eigenvalue weighted by atomic mass is 9.98. The molecular weight excluding hydrogens is 222 g/mol. The van der Waals surface area contributed by atoms with Crippen molar-refractivity contribution in [2.75, 3.05) is 7.11 Å². The van der Waals surface area contributed by atoms with Crippen LogP contribution in [0.1, 0.15) is 51.3 Å². The first-order chi connectivity index (χ1) is 8.34. The summed E-state index contributed by atoms with van der Waals surface area (Å²) in [4.78, 5) is 0. The van der Waals surface area contributed by atoms with Gasteiger partial charge in [-0.2, -0.15) is 0 Å². The molecule has 102 valence electrons. The molecular formula is C16H27NO. The van der Waals surface area contributed by atoms with Crippen LogP contribution in [0.15, 0.2) is 24.3 Å². The Morgan fingerprint density at radius 2 is 1.94 bits per heavy atom. The highest BCUT2D eigenvalue weighted by Gasteiger charge is 2.21. The Morgan fingerprint density at radius 1 is 1.28 bits per heavy atom. The van der Waals surface area contributed by atoms with Gasteiger partial charge in [0.15, 0.2) is 0 Å². The van der Waals surface area contributed by atoms with Gasteiger partial charge in [-0.05, 0) is 46.6 Å². The number of hydrogen-bond acceptors (Lipinski definition) is 2. The van der Waals surface area contributed by atoms with Crippen LogP contribution >= 0.6 is 0 Å². The molecule has 2 nitrogen and oxygen atoms in total. The first kappa shape index (κ1) is 15.2. The third kappa shape index (κ3) is 4.79. The summed E-state index contributed by atoms with van der Waals surface area (Å²) in [5, 5.41) is 3.63. The average Bonchev–Trinajstić information content (AvgIpc) is 2.28. The summed E-state index contributed by atoms with van der Waals surface area (Å²) in [6.07, 6.45) is 1.000. The molecule has 0 aliphatic heterocycles. The van der Waals surface area contributed by atoms with E-state index in [-0.39, 0.29) is 5.60 Å². The van der Waals surface area contributed by atoms with Gasteiger partial charge in [-0.25, -0.2) is 0 Å². The second kappa shape index (κ2) is 6.35. The van der Waals surface area contributed by atoms with E-state index in [0.29, 0.717) is 12.1 Å². The summed E-state index contributed by atoms with van der Waals surface area (Å²) in [6.45, 7) is 10.8. The van der Waals surface area contributed by atoms with Crippen LogP contribution in [-0.4, -0.2) is 18.8 Å². The van der Waals surface area contributed by atoms with Crippen LogP contribution in [0.2, 0.25) is 0 Å². The lowest BCUT2D eigenvalue weighted by Gasteiger charge is -2.29. The van der Waals surface area contributed by atoms with Crippen LogP contribution < -0.4 is 5.32 Å². The van der Waals surface area contributed by atoms with Gasteiger partial charge in [0.1, 0.15) is 0 Å². The number of benzene rings is 1. The van der Waals surface area contributed by atoms with Crippen LogP contribution in [0.4, 0.5) is 0 Å². The van der Waals surface area contributed by atoms with Gasteiger partial charge in [0, 0.05) is 19.2 Å². The molecule has 0 fully saturated rings. The topological polar surface area (TPSA) is 21.3 Å². The highest BCUT2D eigenvalue weighted by molar-refractivity contribution is 5.24. The summed E-state index contributed by atoms with van der Waals surface area (Å²) in [5.74, 6) is 0. The van der Waals surface area contributed by atoms with Crippen LogP contribution in [-0.2, 0) is 4.74 Å². The van der Waals surface area contributed by atoms with Gasteiger partial charge in [0.2, 0.25) is 0 Å². The Labute approximate surface area is 112 Å². The fraction of sp³-hybridized carbons (Fsp3) is 0.625. The molecule has 2 atom stereocenters. The molecule has 0 bridgehead atoms. The predicted molar refractivity (Wildman–Crippen MR) is 77.9 cm³/mol. The zero-order chi connectivity index (χ0) is 13.8. The molecule has 1 aromatic rings. The minimum Gasteiger partial charge on any atom is -0.379 e. The van der Waals surface area contributed by atoms with Gasteiger partial charge in [0.25, 0.3) is 0 Å². The van der Waals surface area contributed by atoms with Crippen molar-refractivity contribution in [2.45, 2.75) is 58.7 Å². The maximum Gasteiger partial charge on any atom is 0.0637 e. The Balaban J connectivity index is 2.57. The summed E-state index contributed by atoms with van der Waals surface area (Å²) in [7, 11) is 1.77. The molecule has 2 heteroatoms. The first-order valence-electron chi connectivity index (χ1n) is 6.72. The molecule has 0 aromatic heterocycles. The van der Waals surface area contributed by atoms with Crippen molar-refractivity contribution in [3.05, 3.63) is 35.4 Å². The van der Waals surface area contributed by atoms with Crippen molar-refractivity contribution in [1.29, 1.82) is 0 Å². The zero-order valence-corrected chi connectivity index (χ0v) is 12.6. The highest BCUT2D eigenvalue weighted by atomic mass is 16.5. The first-order valence-corrected chi connectivity index (χ1v) is 6.72. The summed E-state index contributed by atoms with van der Waals surface area (Å²) < 4.78 is 5.47. The van der Waals surface area contributed by atoms with Crippen LogP contribution in [0, 0.1) is 6.92 Å². The molecule has 0 aliphatic carbocycles. The molecule has 0 spiro atoms.